The quantitative estimate of drug-likeness (QED) is 0.722. The summed E-state index contributed by atoms with van der Waals surface area (Å²) in [6, 6.07) is 5.38. The topological polar surface area (TPSA) is 46.6 Å². The minimum atomic E-state index is -0.318. The van der Waals surface area contributed by atoms with Crippen LogP contribution in [0.2, 0.25) is 0 Å². The lowest BCUT2D eigenvalue weighted by Gasteiger charge is -2.20. The summed E-state index contributed by atoms with van der Waals surface area (Å²) in [5, 5.41) is 0. The molecule has 0 aliphatic rings. The zero-order valence-corrected chi connectivity index (χ0v) is 14.0. The molecule has 0 N–H and O–H groups in total. The number of esters is 1. The van der Waals surface area contributed by atoms with E-state index in [0.717, 1.165) is 8.95 Å². The summed E-state index contributed by atoms with van der Waals surface area (Å²) in [6.07, 6.45) is 0.200. The third-order valence-electron chi connectivity index (χ3n) is 2.59. The first-order valence-electron chi connectivity index (χ1n) is 5.80. The van der Waals surface area contributed by atoms with Crippen molar-refractivity contribution < 1.29 is 14.3 Å². The number of ether oxygens (including phenoxy) is 1. The normalized spacial score (nSPS) is 10.1. The Labute approximate surface area is 129 Å². The smallest absolute Gasteiger partial charge is 0.307 e. The Bertz CT molecular complexity index is 457. The van der Waals surface area contributed by atoms with Crippen LogP contribution in [0.15, 0.2) is 27.1 Å². The van der Waals surface area contributed by atoms with Gasteiger partial charge in [-0.2, -0.15) is 0 Å². The van der Waals surface area contributed by atoms with E-state index in [-0.39, 0.29) is 18.3 Å². The molecular formula is C13H15Br2NO3. The Morgan fingerprint density at radius 2 is 1.79 bits per heavy atom. The van der Waals surface area contributed by atoms with Gasteiger partial charge in [0.15, 0.2) is 0 Å². The van der Waals surface area contributed by atoms with Crippen molar-refractivity contribution in [2.24, 2.45) is 0 Å². The lowest BCUT2D eigenvalue weighted by atomic mass is 10.2. The molecule has 0 heterocycles. The Morgan fingerprint density at radius 3 is 2.26 bits per heavy atom. The second-order valence-electron chi connectivity index (χ2n) is 3.87. The first-order chi connectivity index (χ1) is 8.97. The van der Waals surface area contributed by atoms with Crippen LogP contribution in [0.4, 0.5) is 0 Å². The van der Waals surface area contributed by atoms with Crippen LogP contribution in [0.25, 0.3) is 0 Å². The van der Waals surface area contributed by atoms with E-state index >= 15 is 0 Å². The fourth-order valence-corrected chi connectivity index (χ4v) is 2.89. The van der Waals surface area contributed by atoms with Gasteiger partial charge in [0.25, 0.3) is 5.91 Å². The molecule has 1 aromatic rings. The monoisotopic (exact) mass is 391 g/mol. The molecule has 4 nitrogen and oxygen atoms in total. The number of carbonyl (C=O) groups excluding carboxylic acids is 2. The minimum Gasteiger partial charge on any atom is -0.469 e. The molecule has 19 heavy (non-hydrogen) atoms. The number of halogens is 2. The summed E-state index contributed by atoms with van der Waals surface area (Å²) >= 11 is 6.70. The van der Waals surface area contributed by atoms with Gasteiger partial charge in [0.05, 0.1) is 13.5 Å². The molecule has 0 bridgehead atoms. The van der Waals surface area contributed by atoms with Crippen LogP contribution in [-0.2, 0) is 9.53 Å². The number of benzene rings is 1. The highest BCUT2D eigenvalue weighted by Gasteiger charge is 2.16. The van der Waals surface area contributed by atoms with Gasteiger partial charge in [-0.3, -0.25) is 9.59 Å². The molecule has 1 rings (SSSR count). The maximum absolute atomic E-state index is 12.3. The number of methoxy groups -OCH3 is 1. The highest BCUT2D eigenvalue weighted by atomic mass is 79.9. The minimum absolute atomic E-state index is 0.103. The van der Waals surface area contributed by atoms with Crippen LogP contribution >= 0.6 is 31.9 Å². The van der Waals surface area contributed by atoms with Crippen LogP contribution in [0.1, 0.15) is 23.7 Å². The molecule has 0 unspecified atom stereocenters. The zero-order valence-electron chi connectivity index (χ0n) is 10.8. The Morgan fingerprint density at radius 1 is 1.21 bits per heavy atom. The Hall–Kier alpha value is -0.880. The number of amides is 1. The van der Waals surface area contributed by atoms with E-state index in [1.807, 2.05) is 13.0 Å². The lowest BCUT2D eigenvalue weighted by molar-refractivity contribution is -0.140. The van der Waals surface area contributed by atoms with Gasteiger partial charge in [-0.1, -0.05) is 31.9 Å². The summed E-state index contributed by atoms with van der Waals surface area (Å²) in [7, 11) is 1.34. The Balaban J connectivity index is 2.80. The second kappa shape index (κ2) is 7.65. The van der Waals surface area contributed by atoms with Crippen molar-refractivity contribution in [2.75, 3.05) is 20.2 Å². The molecule has 0 fully saturated rings. The van der Waals surface area contributed by atoms with Gasteiger partial charge in [-0.25, -0.2) is 0 Å². The van der Waals surface area contributed by atoms with Crippen LogP contribution in [0.3, 0.4) is 0 Å². The van der Waals surface area contributed by atoms with E-state index in [9.17, 15) is 9.59 Å². The predicted molar refractivity (Wildman–Crippen MR) is 80.1 cm³/mol. The molecule has 1 amide bonds. The molecular weight excluding hydrogens is 378 g/mol. The van der Waals surface area contributed by atoms with E-state index < -0.39 is 0 Å². The molecule has 0 spiro atoms. The van der Waals surface area contributed by atoms with Gasteiger partial charge in [-0.05, 0) is 25.1 Å². The van der Waals surface area contributed by atoms with E-state index in [0.29, 0.717) is 18.7 Å². The van der Waals surface area contributed by atoms with Gasteiger partial charge in [0, 0.05) is 27.6 Å². The molecule has 0 atom stereocenters. The molecule has 0 aliphatic carbocycles. The summed E-state index contributed by atoms with van der Waals surface area (Å²) in [4.78, 5) is 25.1. The number of carbonyl (C=O) groups is 2. The van der Waals surface area contributed by atoms with E-state index in [2.05, 4.69) is 36.6 Å². The number of rotatable bonds is 5. The summed E-state index contributed by atoms with van der Waals surface area (Å²) in [5.74, 6) is -0.421. The van der Waals surface area contributed by atoms with E-state index in [1.165, 1.54) is 7.11 Å². The molecule has 6 heteroatoms. The van der Waals surface area contributed by atoms with Crippen LogP contribution in [0.5, 0.6) is 0 Å². The first kappa shape index (κ1) is 16.2. The highest BCUT2D eigenvalue weighted by molar-refractivity contribution is 9.11. The summed E-state index contributed by atoms with van der Waals surface area (Å²) in [6.45, 7) is 2.77. The van der Waals surface area contributed by atoms with Crippen LogP contribution in [-0.4, -0.2) is 37.0 Å². The molecule has 104 valence electrons. The van der Waals surface area contributed by atoms with E-state index in [4.69, 9.17) is 0 Å². The number of hydrogen-bond acceptors (Lipinski definition) is 3. The maximum Gasteiger partial charge on any atom is 0.307 e. The van der Waals surface area contributed by atoms with Crippen LogP contribution < -0.4 is 0 Å². The van der Waals surface area contributed by atoms with Crippen molar-refractivity contribution in [1.29, 1.82) is 0 Å². The van der Waals surface area contributed by atoms with Gasteiger partial charge in [-0.15, -0.1) is 0 Å². The van der Waals surface area contributed by atoms with Crippen molar-refractivity contribution >= 4 is 43.7 Å². The van der Waals surface area contributed by atoms with Crippen molar-refractivity contribution in [3.63, 3.8) is 0 Å². The molecule has 0 radical (unpaired) electrons. The second-order valence-corrected chi connectivity index (χ2v) is 5.70. The number of hydrogen-bond donors (Lipinski definition) is 0. The fourth-order valence-electron chi connectivity index (χ4n) is 1.59. The maximum atomic E-state index is 12.3. The summed E-state index contributed by atoms with van der Waals surface area (Å²) < 4.78 is 6.23. The Kier molecular flexibility index (Phi) is 6.51. The van der Waals surface area contributed by atoms with Gasteiger partial charge >= 0.3 is 5.97 Å². The molecule has 0 aliphatic heterocycles. The average Bonchev–Trinajstić information content (AvgIpc) is 2.37. The largest absolute Gasteiger partial charge is 0.469 e. The zero-order chi connectivity index (χ0) is 14.4. The first-order valence-corrected chi connectivity index (χ1v) is 7.38. The van der Waals surface area contributed by atoms with Crippen molar-refractivity contribution in [3.8, 4) is 0 Å². The SMILES string of the molecule is CCN(CCC(=O)OC)C(=O)c1cc(Br)cc(Br)c1. The average molecular weight is 393 g/mol. The van der Waals surface area contributed by atoms with Gasteiger partial charge < -0.3 is 9.64 Å². The molecule has 0 saturated carbocycles. The van der Waals surface area contributed by atoms with Gasteiger partial charge in [0.1, 0.15) is 0 Å². The molecule has 0 aromatic heterocycles. The van der Waals surface area contributed by atoms with Crippen molar-refractivity contribution in [3.05, 3.63) is 32.7 Å². The third-order valence-corrected chi connectivity index (χ3v) is 3.51. The molecule has 0 saturated heterocycles. The highest BCUT2D eigenvalue weighted by Crippen LogP contribution is 2.21. The molecule has 1 aromatic carbocycles. The van der Waals surface area contributed by atoms with Crippen molar-refractivity contribution in [1.82, 2.24) is 4.90 Å². The summed E-state index contributed by atoms with van der Waals surface area (Å²) in [5.41, 5.74) is 0.577. The van der Waals surface area contributed by atoms with Gasteiger partial charge in [0.2, 0.25) is 0 Å². The third kappa shape index (κ3) is 4.95. The number of nitrogens with zero attached hydrogens (tertiary/aromatic N) is 1. The fraction of sp³-hybridized carbons (Fsp3) is 0.385. The lowest BCUT2D eigenvalue weighted by Crippen LogP contribution is -2.33. The predicted octanol–water partition coefficient (Wildman–Crippen LogP) is 3.24. The van der Waals surface area contributed by atoms with E-state index in [1.54, 1.807) is 17.0 Å². The standard InChI is InChI=1S/C13H15Br2NO3/c1-3-16(5-4-12(17)19-2)13(18)9-6-10(14)8-11(15)7-9/h6-8H,3-5H2,1-2H3. The van der Waals surface area contributed by atoms with Crippen LogP contribution in [0, 0.1) is 0 Å². The van der Waals surface area contributed by atoms with Crippen molar-refractivity contribution in [2.45, 2.75) is 13.3 Å².